The fraction of sp³-hybridized carbons (Fsp3) is 0.350. The first-order valence-electron chi connectivity index (χ1n) is 9.28. The van der Waals surface area contributed by atoms with Crippen LogP contribution in [-0.4, -0.2) is 37.9 Å². The summed E-state index contributed by atoms with van der Waals surface area (Å²) in [4.78, 5) is 29.6. The molecule has 1 aliphatic rings. The lowest BCUT2D eigenvalue weighted by Crippen LogP contribution is -2.42. The molecule has 0 bridgehead atoms. The molecular formula is C20H25N5O3. The van der Waals surface area contributed by atoms with E-state index in [4.69, 9.17) is 4.42 Å². The molecule has 0 spiro atoms. The van der Waals surface area contributed by atoms with Crippen molar-refractivity contribution in [2.45, 2.75) is 25.9 Å². The van der Waals surface area contributed by atoms with Gasteiger partial charge in [0.2, 0.25) is 11.8 Å². The number of amides is 2. The smallest absolute Gasteiger partial charge is 0.239 e. The molecule has 0 unspecified atom stereocenters. The van der Waals surface area contributed by atoms with Crippen LogP contribution in [0.5, 0.6) is 0 Å². The monoisotopic (exact) mass is 383 g/mol. The Morgan fingerprint density at radius 1 is 1.14 bits per heavy atom. The zero-order chi connectivity index (χ0) is 19.8. The minimum atomic E-state index is -0.154. The van der Waals surface area contributed by atoms with Crippen LogP contribution >= 0.6 is 0 Å². The predicted molar refractivity (Wildman–Crippen MR) is 107 cm³/mol. The van der Waals surface area contributed by atoms with Gasteiger partial charge in [0.15, 0.2) is 5.96 Å². The summed E-state index contributed by atoms with van der Waals surface area (Å²) in [5.41, 5.74) is 1.99. The molecule has 2 amide bonds. The first kappa shape index (κ1) is 19.5. The molecule has 28 heavy (non-hydrogen) atoms. The number of hydrogen-bond acceptors (Lipinski definition) is 4. The molecule has 1 aromatic carbocycles. The van der Waals surface area contributed by atoms with Gasteiger partial charge in [-0.25, -0.2) is 0 Å². The molecule has 0 saturated carbocycles. The van der Waals surface area contributed by atoms with Crippen LogP contribution in [0.15, 0.2) is 52.1 Å². The van der Waals surface area contributed by atoms with Gasteiger partial charge in [-0.1, -0.05) is 12.1 Å². The summed E-state index contributed by atoms with van der Waals surface area (Å²) >= 11 is 0. The third-order valence-electron chi connectivity index (χ3n) is 4.46. The maximum Gasteiger partial charge on any atom is 0.239 e. The Labute approximate surface area is 164 Å². The average molecular weight is 383 g/mol. The first-order valence-corrected chi connectivity index (χ1v) is 9.28. The fourth-order valence-corrected chi connectivity index (χ4v) is 2.95. The van der Waals surface area contributed by atoms with Crippen LogP contribution in [0.3, 0.4) is 0 Å². The number of anilines is 1. The molecule has 148 valence electrons. The third kappa shape index (κ3) is 5.35. The Balaban J connectivity index is 1.41. The van der Waals surface area contributed by atoms with E-state index in [1.165, 1.54) is 0 Å². The number of guanidine groups is 1. The lowest BCUT2D eigenvalue weighted by molar-refractivity contribution is -0.120. The molecule has 0 aliphatic carbocycles. The highest BCUT2D eigenvalue weighted by Crippen LogP contribution is 2.21. The van der Waals surface area contributed by atoms with E-state index in [-0.39, 0.29) is 18.4 Å². The van der Waals surface area contributed by atoms with E-state index in [0.29, 0.717) is 31.2 Å². The first-order chi connectivity index (χ1) is 13.7. The Bertz CT molecular complexity index is 815. The molecule has 1 fully saturated rings. The van der Waals surface area contributed by atoms with Gasteiger partial charge < -0.3 is 25.3 Å². The normalized spacial score (nSPS) is 14.2. The number of benzene rings is 1. The Morgan fingerprint density at radius 2 is 1.96 bits per heavy atom. The SMILES string of the molecule is CN=C(NCC(=O)NCc1ccco1)NCc1ccc(N2CCCC2=O)cc1. The van der Waals surface area contributed by atoms with E-state index in [2.05, 4.69) is 20.9 Å². The van der Waals surface area contributed by atoms with E-state index in [1.807, 2.05) is 29.2 Å². The van der Waals surface area contributed by atoms with Gasteiger partial charge in [-0.05, 0) is 36.2 Å². The summed E-state index contributed by atoms with van der Waals surface area (Å²) in [6.45, 7) is 1.80. The molecule has 2 aromatic rings. The number of rotatable bonds is 7. The zero-order valence-corrected chi connectivity index (χ0v) is 15.9. The predicted octanol–water partition coefficient (Wildman–Crippen LogP) is 1.39. The van der Waals surface area contributed by atoms with Crippen molar-refractivity contribution in [2.24, 2.45) is 4.99 Å². The summed E-state index contributed by atoms with van der Waals surface area (Å²) in [5, 5.41) is 8.91. The van der Waals surface area contributed by atoms with Crippen molar-refractivity contribution in [3.05, 3.63) is 54.0 Å². The number of nitrogens with zero attached hydrogens (tertiary/aromatic N) is 2. The van der Waals surface area contributed by atoms with Gasteiger partial charge in [-0.2, -0.15) is 0 Å². The largest absolute Gasteiger partial charge is 0.467 e. The lowest BCUT2D eigenvalue weighted by Gasteiger charge is -2.16. The van der Waals surface area contributed by atoms with E-state index in [9.17, 15) is 9.59 Å². The molecule has 8 heteroatoms. The van der Waals surface area contributed by atoms with Crippen LogP contribution in [0.2, 0.25) is 0 Å². The highest BCUT2D eigenvalue weighted by Gasteiger charge is 2.21. The lowest BCUT2D eigenvalue weighted by atomic mass is 10.2. The van der Waals surface area contributed by atoms with E-state index in [0.717, 1.165) is 24.2 Å². The van der Waals surface area contributed by atoms with Gasteiger partial charge in [-0.3, -0.25) is 14.6 Å². The second-order valence-electron chi connectivity index (χ2n) is 6.45. The Kier molecular flexibility index (Phi) is 6.67. The molecule has 1 aliphatic heterocycles. The number of carbonyl (C=O) groups is 2. The molecule has 2 heterocycles. The van der Waals surface area contributed by atoms with Gasteiger partial charge in [0.05, 0.1) is 19.4 Å². The minimum absolute atomic E-state index is 0.108. The zero-order valence-electron chi connectivity index (χ0n) is 15.9. The van der Waals surface area contributed by atoms with Crippen LogP contribution in [0.1, 0.15) is 24.2 Å². The summed E-state index contributed by atoms with van der Waals surface area (Å²) < 4.78 is 5.17. The fourth-order valence-electron chi connectivity index (χ4n) is 2.95. The second kappa shape index (κ2) is 9.59. The molecule has 3 N–H and O–H groups in total. The van der Waals surface area contributed by atoms with E-state index in [1.54, 1.807) is 25.4 Å². The van der Waals surface area contributed by atoms with Gasteiger partial charge in [0, 0.05) is 32.2 Å². The maximum absolute atomic E-state index is 11.9. The van der Waals surface area contributed by atoms with Crippen molar-refractivity contribution in [1.82, 2.24) is 16.0 Å². The number of hydrogen-bond donors (Lipinski definition) is 3. The van der Waals surface area contributed by atoms with Crippen molar-refractivity contribution in [1.29, 1.82) is 0 Å². The molecule has 0 atom stereocenters. The highest BCUT2D eigenvalue weighted by molar-refractivity contribution is 5.95. The number of carbonyl (C=O) groups excluding carboxylic acids is 2. The van der Waals surface area contributed by atoms with Gasteiger partial charge >= 0.3 is 0 Å². The molecule has 1 saturated heterocycles. The van der Waals surface area contributed by atoms with Crippen LogP contribution in [0, 0.1) is 0 Å². The van der Waals surface area contributed by atoms with Crippen LogP contribution in [0.25, 0.3) is 0 Å². The highest BCUT2D eigenvalue weighted by atomic mass is 16.3. The molecule has 3 rings (SSSR count). The van der Waals surface area contributed by atoms with Crippen LogP contribution < -0.4 is 20.9 Å². The second-order valence-corrected chi connectivity index (χ2v) is 6.45. The van der Waals surface area contributed by atoms with Gasteiger partial charge in [0.25, 0.3) is 0 Å². The van der Waals surface area contributed by atoms with Crippen LogP contribution in [0.4, 0.5) is 5.69 Å². The number of furan rings is 1. The summed E-state index contributed by atoms with van der Waals surface area (Å²) in [6, 6.07) is 11.5. The molecule has 1 aromatic heterocycles. The average Bonchev–Trinajstić information content (AvgIpc) is 3.38. The van der Waals surface area contributed by atoms with Crippen LogP contribution in [-0.2, 0) is 22.7 Å². The van der Waals surface area contributed by atoms with Crippen molar-refractivity contribution in [3.63, 3.8) is 0 Å². The van der Waals surface area contributed by atoms with Crippen molar-refractivity contribution < 1.29 is 14.0 Å². The van der Waals surface area contributed by atoms with Crippen molar-refractivity contribution in [2.75, 3.05) is 25.0 Å². The minimum Gasteiger partial charge on any atom is -0.467 e. The number of nitrogens with one attached hydrogen (secondary N) is 3. The summed E-state index contributed by atoms with van der Waals surface area (Å²) in [5.74, 6) is 1.27. The van der Waals surface area contributed by atoms with Gasteiger partial charge in [-0.15, -0.1) is 0 Å². The quantitative estimate of drug-likeness (QED) is 0.496. The standard InChI is InChI=1S/C20H25N5O3/c1-21-20(24-14-18(26)22-13-17-4-3-11-28-17)23-12-15-6-8-16(9-7-15)25-10-2-5-19(25)27/h3-4,6-9,11H,2,5,10,12-14H2,1H3,(H,22,26)(H2,21,23,24). The van der Waals surface area contributed by atoms with Crippen molar-refractivity contribution >= 4 is 23.5 Å². The Hall–Kier alpha value is -3.29. The molecular weight excluding hydrogens is 358 g/mol. The van der Waals surface area contributed by atoms with E-state index >= 15 is 0 Å². The number of aliphatic imine (C=N–C) groups is 1. The van der Waals surface area contributed by atoms with E-state index < -0.39 is 0 Å². The molecule has 0 radical (unpaired) electrons. The Morgan fingerprint density at radius 3 is 2.61 bits per heavy atom. The van der Waals surface area contributed by atoms with Crippen molar-refractivity contribution in [3.8, 4) is 0 Å². The van der Waals surface area contributed by atoms with Gasteiger partial charge in [0.1, 0.15) is 5.76 Å². The summed E-state index contributed by atoms with van der Waals surface area (Å²) in [6.07, 6.45) is 3.11. The topological polar surface area (TPSA) is 99.0 Å². The molecule has 8 nitrogen and oxygen atoms in total. The third-order valence-corrected chi connectivity index (χ3v) is 4.46. The summed E-state index contributed by atoms with van der Waals surface area (Å²) in [7, 11) is 1.65. The maximum atomic E-state index is 11.9.